The molecule has 13 heteroatoms. The molecule has 5 nitrogen and oxygen atoms in total. The van der Waals surface area contributed by atoms with Crippen molar-refractivity contribution >= 4 is 34.8 Å². The highest BCUT2D eigenvalue weighted by Crippen LogP contribution is 2.33. The monoisotopic (exact) mass is 470 g/mol. The number of thioether (sulfide) groups is 1. The van der Waals surface area contributed by atoms with Gasteiger partial charge < -0.3 is 4.57 Å². The molecule has 0 bridgehead atoms. The molecule has 0 radical (unpaired) electrons. The maximum Gasteiger partial charge on any atom is 0.417 e. The second-order valence-electron chi connectivity index (χ2n) is 6.45. The number of carbonyl (C=O) groups excluding carboxylic acids is 1. The normalized spacial score (nSPS) is 12.7. The predicted molar refractivity (Wildman–Crippen MR) is 98.0 cm³/mol. The van der Waals surface area contributed by atoms with Gasteiger partial charge in [0.2, 0.25) is 0 Å². The van der Waals surface area contributed by atoms with Crippen molar-refractivity contribution < 1.29 is 31.1 Å². The van der Waals surface area contributed by atoms with Crippen LogP contribution in [0.4, 0.5) is 26.3 Å². The van der Waals surface area contributed by atoms with Gasteiger partial charge in [0.25, 0.3) is 0 Å². The number of aryl methyl sites for hydroxylation is 1. The Hall–Kier alpha value is -2.21. The number of hydrogen-bond donors (Lipinski definition) is 0. The molecule has 0 fully saturated rings. The van der Waals surface area contributed by atoms with Crippen molar-refractivity contribution in [1.29, 1.82) is 0 Å². The average molecular weight is 471 g/mol. The number of rotatable bonds is 5. The highest BCUT2D eigenvalue weighted by molar-refractivity contribution is 7.99. The van der Waals surface area contributed by atoms with Crippen molar-refractivity contribution in [3.8, 4) is 0 Å². The molecule has 30 heavy (non-hydrogen) atoms. The zero-order valence-corrected chi connectivity index (χ0v) is 17.0. The fourth-order valence-electron chi connectivity index (χ4n) is 2.90. The van der Waals surface area contributed by atoms with E-state index < -0.39 is 30.2 Å². The third-order valence-corrected chi connectivity index (χ3v) is 5.52. The van der Waals surface area contributed by atoms with E-state index in [1.54, 1.807) is 0 Å². The molecule has 3 aromatic rings. The van der Waals surface area contributed by atoms with E-state index >= 15 is 0 Å². The van der Waals surface area contributed by atoms with Gasteiger partial charge in [0.05, 0.1) is 16.3 Å². The fraction of sp³-hybridized carbons (Fsp3) is 0.353. The van der Waals surface area contributed by atoms with E-state index in [1.807, 2.05) is 0 Å². The Labute approximate surface area is 175 Å². The average Bonchev–Trinajstić information content (AvgIpc) is 3.14. The Balaban J connectivity index is 1.84. The van der Waals surface area contributed by atoms with Crippen molar-refractivity contribution in [3.05, 3.63) is 45.9 Å². The van der Waals surface area contributed by atoms with Crippen LogP contribution in [0.25, 0.3) is 5.65 Å². The molecule has 0 saturated carbocycles. The van der Waals surface area contributed by atoms with E-state index in [0.29, 0.717) is 0 Å². The first-order valence-corrected chi connectivity index (χ1v) is 9.65. The van der Waals surface area contributed by atoms with Gasteiger partial charge >= 0.3 is 12.4 Å². The van der Waals surface area contributed by atoms with Crippen LogP contribution in [0.3, 0.4) is 0 Å². The summed E-state index contributed by atoms with van der Waals surface area (Å²) in [5.41, 5.74) is -0.490. The molecule has 0 spiro atoms. The van der Waals surface area contributed by atoms with Gasteiger partial charge in [-0.3, -0.25) is 9.20 Å². The number of alkyl halides is 6. The minimum absolute atomic E-state index is 0.00421. The summed E-state index contributed by atoms with van der Waals surface area (Å²) in [6.45, 7) is 1.63. The second kappa shape index (κ2) is 7.80. The summed E-state index contributed by atoms with van der Waals surface area (Å²) in [5, 5.41) is 7.21. The smallest absolute Gasteiger partial charge is 0.339 e. The number of pyridine rings is 1. The minimum Gasteiger partial charge on any atom is -0.339 e. The molecule has 3 aromatic heterocycles. The summed E-state index contributed by atoms with van der Waals surface area (Å²) in [7, 11) is 0. The Bertz CT molecular complexity index is 1120. The minimum atomic E-state index is -4.64. The zero-order valence-electron chi connectivity index (χ0n) is 15.4. The molecule has 0 N–H and O–H groups in total. The van der Waals surface area contributed by atoms with Crippen molar-refractivity contribution in [2.75, 3.05) is 5.75 Å². The predicted octanol–water partition coefficient (Wildman–Crippen LogP) is 5.36. The van der Waals surface area contributed by atoms with E-state index in [-0.39, 0.29) is 38.5 Å². The molecule has 0 aliphatic rings. The van der Waals surface area contributed by atoms with E-state index in [2.05, 4.69) is 10.2 Å². The van der Waals surface area contributed by atoms with Gasteiger partial charge in [-0.15, -0.1) is 10.2 Å². The van der Waals surface area contributed by atoms with Crippen LogP contribution < -0.4 is 0 Å². The van der Waals surface area contributed by atoms with Crippen molar-refractivity contribution in [2.24, 2.45) is 0 Å². The van der Waals surface area contributed by atoms with Crippen LogP contribution in [-0.2, 0) is 12.7 Å². The van der Waals surface area contributed by atoms with Gasteiger partial charge in [-0.05, 0) is 26.0 Å². The summed E-state index contributed by atoms with van der Waals surface area (Å²) < 4.78 is 79.2. The quantitative estimate of drug-likeness (QED) is 0.286. The van der Waals surface area contributed by atoms with Crippen molar-refractivity contribution in [1.82, 2.24) is 19.2 Å². The number of aromatic nitrogens is 4. The van der Waals surface area contributed by atoms with Gasteiger partial charge in [-0.1, -0.05) is 23.4 Å². The van der Waals surface area contributed by atoms with Crippen LogP contribution in [0, 0.1) is 13.8 Å². The highest BCUT2D eigenvalue weighted by Gasteiger charge is 2.33. The van der Waals surface area contributed by atoms with Gasteiger partial charge in [0.15, 0.2) is 16.6 Å². The molecule has 3 heterocycles. The lowest BCUT2D eigenvalue weighted by Crippen LogP contribution is -2.19. The molecule has 3 rings (SSSR count). The Kier molecular flexibility index (Phi) is 5.84. The summed E-state index contributed by atoms with van der Waals surface area (Å²) in [5.74, 6) is -0.748. The van der Waals surface area contributed by atoms with Crippen LogP contribution in [0.1, 0.15) is 27.3 Å². The van der Waals surface area contributed by atoms with Crippen LogP contribution in [0.5, 0.6) is 0 Å². The first-order chi connectivity index (χ1) is 13.8. The molecule has 0 saturated heterocycles. The Morgan fingerprint density at radius 3 is 2.40 bits per heavy atom. The number of fused-ring (bicyclic) bond motifs is 1. The van der Waals surface area contributed by atoms with Crippen LogP contribution >= 0.6 is 23.4 Å². The number of ketones is 1. The lowest BCUT2D eigenvalue weighted by molar-refractivity contribution is -0.141. The standard InChI is InChI=1S/C17H13ClF6N4OS/c1-8-3-11(9(2)28(8)7-16(19,20)21)13(29)6-30-15-26-25-14-12(18)4-10(5-27(14)15)17(22,23)24/h3-5H,6-7H2,1-2H3. The van der Waals surface area contributed by atoms with E-state index in [4.69, 9.17) is 11.6 Å². The molecule has 0 atom stereocenters. The second-order valence-corrected chi connectivity index (χ2v) is 7.80. The van der Waals surface area contributed by atoms with Crippen LogP contribution in [0.2, 0.25) is 5.02 Å². The number of nitrogens with zero attached hydrogens (tertiary/aromatic N) is 4. The van der Waals surface area contributed by atoms with Crippen molar-refractivity contribution in [3.63, 3.8) is 0 Å². The Morgan fingerprint density at radius 2 is 1.80 bits per heavy atom. The topological polar surface area (TPSA) is 52.2 Å². The first kappa shape index (κ1) is 22.5. The third kappa shape index (κ3) is 4.59. The SMILES string of the molecule is Cc1cc(C(=O)CSc2nnc3c(Cl)cc(C(F)(F)F)cn23)c(C)n1CC(F)(F)F. The summed E-state index contributed by atoms with van der Waals surface area (Å²) >= 11 is 6.65. The lowest BCUT2D eigenvalue weighted by atomic mass is 10.2. The summed E-state index contributed by atoms with van der Waals surface area (Å²) in [4.78, 5) is 12.5. The molecule has 0 aliphatic heterocycles. The molecular weight excluding hydrogens is 458 g/mol. The molecule has 0 unspecified atom stereocenters. The maximum atomic E-state index is 13.0. The maximum absolute atomic E-state index is 13.0. The van der Waals surface area contributed by atoms with E-state index in [0.717, 1.165) is 33.0 Å². The number of Topliss-reactive ketones (excluding diaryl/α,β-unsaturated/α-hetero) is 1. The Morgan fingerprint density at radius 1 is 1.13 bits per heavy atom. The van der Waals surface area contributed by atoms with Gasteiger partial charge in [-0.2, -0.15) is 26.3 Å². The molecule has 0 aliphatic carbocycles. The highest BCUT2D eigenvalue weighted by atomic mass is 35.5. The lowest BCUT2D eigenvalue weighted by Gasteiger charge is -2.12. The number of halogens is 7. The van der Waals surface area contributed by atoms with Gasteiger partial charge in [0.1, 0.15) is 6.54 Å². The molecule has 162 valence electrons. The summed E-state index contributed by atoms with van der Waals surface area (Å²) in [6.07, 6.45) is -8.32. The van der Waals surface area contributed by atoms with Crippen molar-refractivity contribution in [2.45, 2.75) is 37.9 Å². The summed E-state index contributed by atoms with van der Waals surface area (Å²) in [6, 6.07) is 2.07. The fourth-order valence-corrected chi connectivity index (χ4v) is 3.94. The zero-order chi connectivity index (χ0) is 22.4. The van der Waals surface area contributed by atoms with E-state index in [9.17, 15) is 31.1 Å². The largest absolute Gasteiger partial charge is 0.417 e. The van der Waals surface area contributed by atoms with Crippen LogP contribution in [-0.4, -0.2) is 36.9 Å². The van der Waals surface area contributed by atoms with E-state index in [1.165, 1.54) is 19.9 Å². The first-order valence-electron chi connectivity index (χ1n) is 8.29. The van der Waals surface area contributed by atoms with Gasteiger partial charge in [-0.25, -0.2) is 0 Å². The van der Waals surface area contributed by atoms with Crippen LogP contribution in [0.15, 0.2) is 23.5 Å². The molecule has 0 amide bonds. The third-order valence-electron chi connectivity index (χ3n) is 4.30. The number of hydrogen-bond acceptors (Lipinski definition) is 4. The van der Waals surface area contributed by atoms with Gasteiger partial charge in [0, 0.05) is 23.1 Å². The molecular formula is C17H13ClF6N4OS. The molecule has 0 aromatic carbocycles. The number of carbonyl (C=O) groups is 1.